The number of carbonyl (C=O) groups excluding carboxylic acids is 1. The average Bonchev–Trinajstić information content (AvgIpc) is 2.53. The molecule has 0 radical (unpaired) electrons. The summed E-state index contributed by atoms with van der Waals surface area (Å²) in [5, 5.41) is 12.7. The Balaban J connectivity index is 2.59. The van der Waals surface area contributed by atoms with E-state index in [4.69, 9.17) is 0 Å². The van der Waals surface area contributed by atoms with Crippen LogP contribution in [0.3, 0.4) is 0 Å². The normalized spacial score (nSPS) is 13.6. The highest BCUT2D eigenvalue weighted by atomic mass is 16.3. The minimum absolute atomic E-state index is 0.136. The number of nitrogens with zero attached hydrogens (tertiary/aromatic N) is 1. The Hall–Kier alpha value is -1.55. The van der Waals surface area contributed by atoms with Gasteiger partial charge in [-0.15, -0.1) is 0 Å². The van der Waals surface area contributed by atoms with E-state index in [0.717, 1.165) is 25.2 Å². The van der Waals surface area contributed by atoms with Gasteiger partial charge in [0.25, 0.3) is 5.91 Å². The topological polar surface area (TPSA) is 52.6 Å². The molecule has 0 aliphatic heterocycles. The van der Waals surface area contributed by atoms with Crippen LogP contribution < -0.4 is 10.2 Å². The molecule has 4 nitrogen and oxygen atoms in total. The van der Waals surface area contributed by atoms with Gasteiger partial charge >= 0.3 is 0 Å². The lowest BCUT2D eigenvalue weighted by molar-refractivity contribution is 0.0850. The molecule has 0 heterocycles. The van der Waals surface area contributed by atoms with E-state index in [2.05, 4.69) is 24.1 Å². The van der Waals surface area contributed by atoms with Crippen molar-refractivity contribution in [2.45, 2.75) is 40.2 Å². The van der Waals surface area contributed by atoms with Crippen LogP contribution in [0.1, 0.15) is 44.5 Å². The third-order valence-corrected chi connectivity index (χ3v) is 4.03. The lowest BCUT2D eigenvalue weighted by Crippen LogP contribution is -2.35. The predicted molar refractivity (Wildman–Crippen MR) is 87.8 cm³/mol. The number of anilines is 1. The molecule has 4 heteroatoms. The second kappa shape index (κ2) is 8.67. The molecule has 0 aromatic heterocycles. The highest BCUT2D eigenvalue weighted by Crippen LogP contribution is 2.15. The Labute approximate surface area is 128 Å². The largest absolute Gasteiger partial charge is 0.391 e. The first kappa shape index (κ1) is 17.5. The quantitative estimate of drug-likeness (QED) is 0.774. The lowest BCUT2D eigenvalue weighted by atomic mass is 10.0. The molecule has 0 saturated carbocycles. The highest BCUT2D eigenvalue weighted by Gasteiger charge is 2.14. The number of rotatable bonds is 8. The summed E-state index contributed by atoms with van der Waals surface area (Å²) in [6, 6.07) is 7.59. The summed E-state index contributed by atoms with van der Waals surface area (Å²) in [6.45, 7) is 10.4. The molecule has 21 heavy (non-hydrogen) atoms. The summed E-state index contributed by atoms with van der Waals surface area (Å²) >= 11 is 0. The summed E-state index contributed by atoms with van der Waals surface area (Å²) in [6.07, 6.45) is 0.407. The van der Waals surface area contributed by atoms with Crippen LogP contribution in [0.15, 0.2) is 24.3 Å². The fourth-order valence-corrected chi connectivity index (χ4v) is 2.18. The van der Waals surface area contributed by atoms with Crippen molar-refractivity contribution in [3.05, 3.63) is 29.8 Å². The van der Waals surface area contributed by atoms with Crippen LogP contribution in [-0.2, 0) is 0 Å². The van der Waals surface area contributed by atoms with Crippen molar-refractivity contribution >= 4 is 11.6 Å². The van der Waals surface area contributed by atoms with Crippen molar-refractivity contribution in [3.8, 4) is 0 Å². The monoisotopic (exact) mass is 292 g/mol. The Bertz CT molecular complexity index is 427. The van der Waals surface area contributed by atoms with E-state index in [9.17, 15) is 9.90 Å². The zero-order chi connectivity index (χ0) is 15.8. The van der Waals surface area contributed by atoms with Crippen LogP contribution in [0, 0.1) is 5.92 Å². The molecule has 0 spiro atoms. The molecular formula is C17H28N2O2. The standard InChI is InChI=1S/C17H28N2O2/c1-5-13(4)16(20)12-18-17(21)14-8-10-15(11-9-14)19(6-2)7-3/h8-11,13,16,20H,5-7,12H2,1-4H3,(H,18,21). The smallest absolute Gasteiger partial charge is 0.251 e. The van der Waals surface area contributed by atoms with Gasteiger partial charge in [-0.2, -0.15) is 0 Å². The van der Waals surface area contributed by atoms with Crippen molar-refractivity contribution < 1.29 is 9.90 Å². The molecule has 1 rings (SSSR count). The maximum Gasteiger partial charge on any atom is 0.251 e. The van der Waals surface area contributed by atoms with Gasteiger partial charge in [0.15, 0.2) is 0 Å². The predicted octanol–water partition coefficient (Wildman–Crippen LogP) is 2.67. The first-order valence-electron chi connectivity index (χ1n) is 7.84. The van der Waals surface area contributed by atoms with Gasteiger partial charge in [0.1, 0.15) is 0 Å². The van der Waals surface area contributed by atoms with Gasteiger partial charge in [-0.1, -0.05) is 20.3 Å². The van der Waals surface area contributed by atoms with E-state index >= 15 is 0 Å². The molecule has 0 fully saturated rings. The van der Waals surface area contributed by atoms with Crippen LogP contribution in [0.4, 0.5) is 5.69 Å². The van der Waals surface area contributed by atoms with Gasteiger partial charge in [0.05, 0.1) is 6.10 Å². The molecule has 2 atom stereocenters. The van der Waals surface area contributed by atoms with Crippen LogP contribution in [0.2, 0.25) is 0 Å². The third kappa shape index (κ3) is 5.05. The second-order valence-electron chi connectivity index (χ2n) is 5.38. The number of carbonyl (C=O) groups is 1. The van der Waals surface area contributed by atoms with Crippen molar-refractivity contribution in [3.63, 3.8) is 0 Å². The van der Waals surface area contributed by atoms with Gasteiger partial charge in [-0.25, -0.2) is 0 Å². The Kier molecular flexibility index (Phi) is 7.23. The number of hydrogen-bond donors (Lipinski definition) is 2. The van der Waals surface area contributed by atoms with Gasteiger partial charge in [0, 0.05) is 30.9 Å². The van der Waals surface area contributed by atoms with Gasteiger partial charge < -0.3 is 15.3 Å². The molecule has 0 aliphatic carbocycles. The molecule has 1 aromatic rings. The average molecular weight is 292 g/mol. The van der Waals surface area contributed by atoms with Crippen molar-refractivity contribution in [2.75, 3.05) is 24.5 Å². The van der Waals surface area contributed by atoms with Gasteiger partial charge in [0.2, 0.25) is 0 Å². The van der Waals surface area contributed by atoms with E-state index in [0.29, 0.717) is 12.1 Å². The molecule has 0 saturated heterocycles. The Morgan fingerprint density at radius 3 is 2.24 bits per heavy atom. The van der Waals surface area contributed by atoms with E-state index in [1.807, 2.05) is 38.1 Å². The van der Waals surface area contributed by atoms with Crippen LogP contribution >= 0.6 is 0 Å². The fourth-order valence-electron chi connectivity index (χ4n) is 2.18. The molecule has 1 aromatic carbocycles. The summed E-state index contributed by atoms with van der Waals surface area (Å²) in [5.74, 6) is 0.0544. The van der Waals surface area contributed by atoms with Crippen LogP contribution in [0.25, 0.3) is 0 Å². The second-order valence-corrected chi connectivity index (χ2v) is 5.38. The van der Waals surface area contributed by atoms with Crippen molar-refractivity contribution in [1.29, 1.82) is 0 Å². The molecule has 2 unspecified atom stereocenters. The highest BCUT2D eigenvalue weighted by molar-refractivity contribution is 5.94. The van der Waals surface area contributed by atoms with Gasteiger partial charge in [-0.05, 0) is 44.0 Å². The number of aliphatic hydroxyl groups is 1. The maximum absolute atomic E-state index is 12.0. The Morgan fingerprint density at radius 1 is 1.19 bits per heavy atom. The van der Waals surface area contributed by atoms with E-state index in [1.54, 1.807) is 0 Å². The summed E-state index contributed by atoms with van der Waals surface area (Å²) in [7, 11) is 0. The van der Waals surface area contributed by atoms with Crippen LogP contribution in [0.5, 0.6) is 0 Å². The number of benzene rings is 1. The SMILES string of the molecule is CCC(C)C(O)CNC(=O)c1ccc(N(CC)CC)cc1. The van der Waals surface area contributed by atoms with Crippen molar-refractivity contribution in [2.24, 2.45) is 5.92 Å². The van der Waals surface area contributed by atoms with Gasteiger partial charge in [-0.3, -0.25) is 4.79 Å². The molecule has 0 bridgehead atoms. The lowest BCUT2D eigenvalue weighted by Gasteiger charge is -2.21. The molecule has 1 amide bonds. The Morgan fingerprint density at radius 2 is 1.76 bits per heavy atom. The number of nitrogens with one attached hydrogen (secondary N) is 1. The maximum atomic E-state index is 12.0. The van der Waals surface area contributed by atoms with Crippen molar-refractivity contribution in [1.82, 2.24) is 5.32 Å². The molecule has 0 aliphatic rings. The first-order chi connectivity index (χ1) is 10.0. The molecule has 118 valence electrons. The van der Waals surface area contributed by atoms with E-state index < -0.39 is 6.10 Å². The number of aliphatic hydroxyl groups excluding tert-OH is 1. The summed E-state index contributed by atoms with van der Waals surface area (Å²) in [5.41, 5.74) is 1.75. The first-order valence-corrected chi connectivity index (χ1v) is 7.84. The fraction of sp³-hybridized carbons (Fsp3) is 0.588. The molecular weight excluding hydrogens is 264 g/mol. The van der Waals surface area contributed by atoms with Crippen LogP contribution in [-0.4, -0.2) is 36.8 Å². The van der Waals surface area contributed by atoms with E-state index in [1.165, 1.54) is 0 Å². The minimum Gasteiger partial charge on any atom is -0.391 e. The zero-order valence-corrected chi connectivity index (χ0v) is 13.6. The minimum atomic E-state index is -0.492. The summed E-state index contributed by atoms with van der Waals surface area (Å²) in [4.78, 5) is 14.3. The summed E-state index contributed by atoms with van der Waals surface area (Å²) < 4.78 is 0. The number of amides is 1. The number of hydrogen-bond acceptors (Lipinski definition) is 3. The zero-order valence-electron chi connectivity index (χ0n) is 13.6. The third-order valence-electron chi connectivity index (χ3n) is 4.03. The van der Waals surface area contributed by atoms with E-state index in [-0.39, 0.29) is 11.8 Å². The molecule has 2 N–H and O–H groups in total.